The van der Waals surface area contributed by atoms with E-state index in [-0.39, 0.29) is 0 Å². The normalized spacial score (nSPS) is 24.2. The maximum atomic E-state index is 5.55. The molecule has 0 aromatic heterocycles. The number of hydrogen-bond donors (Lipinski definition) is 1. The highest BCUT2D eigenvalue weighted by Gasteiger charge is 2.31. The summed E-state index contributed by atoms with van der Waals surface area (Å²) in [6.45, 7) is 11.1. The fraction of sp³-hybridized carbons (Fsp3) is 1.00. The van der Waals surface area contributed by atoms with Gasteiger partial charge in [-0.2, -0.15) is 0 Å². The molecule has 17 heavy (non-hydrogen) atoms. The van der Waals surface area contributed by atoms with Gasteiger partial charge in [0.25, 0.3) is 0 Å². The van der Waals surface area contributed by atoms with Crippen LogP contribution in [-0.2, 0) is 4.74 Å². The first-order valence-corrected chi connectivity index (χ1v) is 7.37. The summed E-state index contributed by atoms with van der Waals surface area (Å²) in [5, 5.41) is 3.74. The molecule has 0 aromatic carbocycles. The monoisotopic (exact) mass is 241 g/mol. The molecule has 1 aliphatic carbocycles. The fourth-order valence-corrected chi connectivity index (χ4v) is 2.69. The zero-order valence-corrected chi connectivity index (χ0v) is 12.2. The number of hydrogen-bond acceptors (Lipinski definition) is 2. The molecule has 1 saturated carbocycles. The third-order valence-corrected chi connectivity index (χ3v) is 3.92. The standard InChI is InChI=1S/C15H31NO/c1-13(2)17-12-8-7-11-16-14-9-5-6-10-15(14,3)4/h13-14,16H,5-12H2,1-4H3. The predicted molar refractivity (Wildman–Crippen MR) is 74.4 cm³/mol. The Bertz CT molecular complexity index is 201. The first-order chi connectivity index (χ1) is 8.02. The molecule has 102 valence electrons. The summed E-state index contributed by atoms with van der Waals surface area (Å²) in [6, 6.07) is 0.724. The molecule has 0 radical (unpaired) electrons. The molecular weight excluding hydrogens is 210 g/mol. The predicted octanol–water partition coefficient (Wildman–Crippen LogP) is 3.75. The molecule has 1 N–H and O–H groups in total. The summed E-state index contributed by atoms with van der Waals surface area (Å²) in [5.74, 6) is 0. The van der Waals surface area contributed by atoms with Gasteiger partial charge in [0, 0.05) is 12.6 Å². The Hall–Kier alpha value is -0.0800. The van der Waals surface area contributed by atoms with E-state index in [9.17, 15) is 0 Å². The summed E-state index contributed by atoms with van der Waals surface area (Å²) in [7, 11) is 0. The second-order valence-corrected chi connectivity index (χ2v) is 6.37. The summed E-state index contributed by atoms with van der Waals surface area (Å²) in [6.07, 6.45) is 8.33. The Balaban J connectivity index is 2.05. The Labute approximate surface area is 108 Å². The van der Waals surface area contributed by atoms with Crippen LogP contribution < -0.4 is 5.32 Å². The van der Waals surface area contributed by atoms with Gasteiger partial charge in [-0.3, -0.25) is 0 Å². The molecule has 1 aliphatic rings. The van der Waals surface area contributed by atoms with Gasteiger partial charge in [-0.15, -0.1) is 0 Å². The lowest BCUT2D eigenvalue weighted by molar-refractivity contribution is 0.0753. The van der Waals surface area contributed by atoms with Crippen LogP contribution in [0.1, 0.15) is 66.2 Å². The lowest BCUT2D eigenvalue weighted by Crippen LogP contribution is -2.44. The van der Waals surface area contributed by atoms with Gasteiger partial charge in [-0.1, -0.05) is 26.7 Å². The van der Waals surface area contributed by atoms with Gasteiger partial charge in [0.1, 0.15) is 0 Å². The van der Waals surface area contributed by atoms with Crippen LogP contribution >= 0.6 is 0 Å². The van der Waals surface area contributed by atoms with Crippen molar-refractivity contribution in [2.24, 2.45) is 5.41 Å². The highest BCUT2D eigenvalue weighted by molar-refractivity contribution is 4.87. The molecule has 0 bridgehead atoms. The van der Waals surface area contributed by atoms with Gasteiger partial charge >= 0.3 is 0 Å². The van der Waals surface area contributed by atoms with E-state index in [1.807, 2.05) is 0 Å². The largest absolute Gasteiger partial charge is 0.379 e. The molecule has 1 fully saturated rings. The molecular formula is C15H31NO. The van der Waals surface area contributed by atoms with Crippen molar-refractivity contribution in [1.82, 2.24) is 5.32 Å². The van der Waals surface area contributed by atoms with Crippen molar-refractivity contribution in [1.29, 1.82) is 0 Å². The minimum Gasteiger partial charge on any atom is -0.379 e. The van der Waals surface area contributed by atoms with Crippen molar-refractivity contribution in [3.63, 3.8) is 0 Å². The van der Waals surface area contributed by atoms with Crippen LogP contribution in [0.5, 0.6) is 0 Å². The van der Waals surface area contributed by atoms with Crippen LogP contribution in [-0.4, -0.2) is 25.3 Å². The first-order valence-electron chi connectivity index (χ1n) is 7.37. The van der Waals surface area contributed by atoms with E-state index >= 15 is 0 Å². The molecule has 0 saturated heterocycles. The lowest BCUT2D eigenvalue weighted by Gasteiger charge is -2.39. The van der Waals surface area contributed by atoms with Gasteiger partial charge in [0.2, 0.25) is 0 Å². The van der Waals surface area contributed by atoms with Crippen LogP contribution in [0.3, 0.4) is 0 Å². The molecule has 2 nitrogen and oxygen atoms in total. The number of unbranched alkanes of at least 4 members (excludes halogenated alkanes) is 1. The number of ether oxygens (including phenoxy) is 1. The third kappa shape index (κ3) is 5.87. The summed E-state index contributed by atoms with van der Waals surface area (Å²) >= 11 is 0. The Morgan fingerprint density at radius 2 is 2.00 bits per heavy atom. The van der Waals surface area contributed by atoms with Crippen molar-refractivity contribution >= 4 is 0 Å². The fourth-order valence-electron chi connectivity index (χ4n) is 2.69. The molecule has 2 heteroatoms. The highest BCUT2D eigenvalue weighted by Crippen LogP contribution is 2.35. The topological polar surface area (TPSA) is 21.3 Å². The summed E-state index contributed by atoms with van der Waals surface area (Å²) in [5.41, 5.74) is 0.493. The zero-order chi connectivity index (χ0) is 12.7. The molecule has 1 rings (SSSR count). The molecule has 0 amide bonds. The SMILES string of the molecule is CC(C)OCCCCNC1CCCCC1(C)C. The minimum atomic E-state index is 0.375. The molecule has 1 atom stereocenters. The van der Waals surface area contributed by atoms with E-state index in [1.165, 1.54) is 38.5 Å². The first kappa shape index (κ1) is 15.0. The number of rotatable bonds is 7. The number of nitrogens with one attached hydrogen (secondary N) is 1. The average molecular weight is 241 g/mol. The molecule has 0 spiro atoms. The zero-order valence-electron chi connectivity index (χ0n) is 12.2. The van der Waals surface area contributed by atoms with E-state index in [4.69, 9.17) is 4.74 Å². The van der Waals surface area contributed by atoms with E-state index in [0.717, 1.165) is 19.2 Å². The summed E-state index contributed by atoms with van der Waals surface area (Å²) in [4.78, 5) is 0. The molecule has 1 unspecified atom stereocenters. The van der Waals surface area contributed by atoms with Gasteiger partial charge in [0.05, 0.1) is 6.10 Å². The highest BCUT2D eigenvalue weighted by atomic mass is 16.5. The van der Waals surface area contributed by atoms with Crippen LogP contribution in [0.15, 0.2) is 0 Å². The van der Waals surface area contributed by atoms with Crippen molar-refractivity contribution in [2.45, 2.75) is 78.4 Å². The third-order valence-electron chi connectivity index (χ3n) is 3.92. The lowest BCUT2D eigenvalue weighted by atomic mass is 9.73. The van der Waals surface area contributed by atoms with E-state index in [2.05, 4.69) is 33.0 Å². The maximum absolute atomic E-state index is 5.55. The average Bonchev–Trinajstić information content (AvgIpc) is 2.24. The van der Waals surface area contributed by atoms with Crippen LogP contribution in [0.2, 0.25) is 0 Å². The molecule has 0 aliphatic heterocycles. The van der Waals surface area contributed by atoms with Crippen molar-refractivity contribution in [2.75, 3.05) is 13.2 Å². The van der Waals surface area contributed by atoms with Crippen LogP contribution in [0.25, 0.3) is 0 Å². The van der Waals surface area contributed by atoms with E-state index in [1.54, 1.807) is 0 Å². The second kappa shape index (κ2) is 7.38. The Morgan fingerprint density at radius 1 is 1.24 bits per heavy atom. The van der Waals surface area contributed by atoms with Gasteiger partial charge in [-0.05, 0) is 51.5 Å². The minimum absolute atomic E-state index is 0.375. The van der Waals surface area contributed by atoms with Crippen molar-refractivity contribution in [3.05, 3.63) is 0 Å². The quantitative estimate of drug-likeness (QED) is 0.685. The van der Waals surface area contributed by atoms with Crippen molar-refractivity contribution < 1.29 is 4.74 Å². The Morgan fingerprint density at radius 3 is 2.65 bits per heavy atom. The smallest absolute Gasteiger partial charge is 0.0518 e. The molecule has 0 heterocycles. The Kier molecular flexibility index (Phi) is 6.50. The van der Waals surface area contributed by atoms with Crippen LogP contribution in [0.4, 0.5) is 0 Å². The maximum Gasteiger partial charge on any atom is 0.0518 e. The van der Waals surface area contributed by atoms with E-state index in [0.29, 0.717) is 11.5 Å². The summed E-state index contributed by atoms with van der Waals surface area (Å²) < 4.78 is 5.55. The van der Waals surface area contributed by atoms with Gasteiger partial charge < -0.3 is 10.1 Å². The van der Waals surface area contributed by atoms with E-state index < -0.39 is 0 Å². The molecule has 0 aromatic rings. The van der Waals surface area contributed by atoms with Gasteiger partial charge in [0.15, 0.2) is 0 Å². The van der Waals surface area contributed by atoms with Crippen molar-refractivity contribution in [3.8, 4) is 0 Å². The second-order valence-electron chi connectivity index (χ2n) is 6.37. The van der Waals surface area contributed by atoms with Gasteiger partial charge in [-0.25, -0.2) is 0 Å². The van der Waals surface area contributed by atoms with Crippen LogP contribution in [0, 0.1) is 5.41 Å².